The third-order valence-corrected chi connectivity index (χ3v) is 2.86. The van der Waals surface area contributed by atoms with Crippen LogP contribution in [-0.4, -0.2) is 41.5 Å². The highest BCUT2D eigenvalue weighted by Crippen LogP contribution is 2.25. The summed E-state index contributed by atoms with van der Waals surface area (Å²) in [6.45, 7) is 4.60. The number of nitro benzene ring substituents is 1. The molecule has 0 spiro atoms. The molecule has 1 aromatic rings. The van der Waals surface area contributed by atoms with Crippen LogP contribution in [0.3, 0.4) is 0 Å². The van der Waals surface area contributed by atoms with Gasteiger partial charge in [-0.3, -0.25) is 14.9 Å². The molecule has 8 heteroatoms. The van der Waals surface area contributed by atoms with Gasteiger partial charge in [0.2, 0.25) is 5.91 Å². The van der Waals surface area contributed by atoms with E-state index in [1.165, 1.54) is 18.2 Å². The number of hydrogen-bond acceptors (Lipinski definition) is 5. The number of carboxylic acids is 1. The summed E-state index contributed by atoms with van der Waals surface area (Å²) < 4.78 is 0. The number of hydrogen-bond donors (Lipinski definition) is 2. The van der Waals surface area contributed by atoms with Crippen molar-refractivity contribution in [1.82, 2.24) is 5.32 Å². The molecule has 0 aliphatic carbocycles. The summed E-state index contributed by atoms with van der Waals surface area (Å²) in [5.74, 6) is -1.57. The number of aromatic carboxylic acids is 1. The fraction of sp³-hybridized carbons (Fsp3) is 0.385. The normalized spacial score (nSPS) is 10.0. The SMILES string of the molecule is CCNC(=O)CN(CC)c1ccc(C(=O)O)c([N+](=O)[O-])c1. The molecule has 1 amide bonds. The summed E-state index contributed by atoms with van der Waals surface area (Å²) in [7, 11) is 0. The van der Waals surface area contributed by atoms with Crippen LogP contribution in [-0.2, 0) is 4.79 Å². The largest absolute Gasteiger partial charge is 0.477 e. The smallest absolute Gasteiger partial charge is 0.342 e. The lowest BCUT2D eigenvalue weighted by Crippen LogP contribution is -2.37. The van der Waals surface area contributed by atoms with Crippen LogP contribution in [0.5, 0.6) is 0 Å². The van der Waals surface area contributed by atoms with Crippen molar-refractivity contribution >= 4 is 23.3 Å². The van der Waals surface area contributed by atoms with Crippen LogP contribution in [0.15, 0.2) is 18.2 Å². The first kappa shape index (κ1) is 16.4. The number of carbonyl (C=O) groups excluding carboxylic acids is 1. The summed E-state index contributed by atoms with van der Waals surface area (Å²) in [5, 5.41) is 22.5. The second-order valence-corrected chi connectivity index (χ2v) is 4.23. The molecule has 1 aromatic carbocycles. The summed E-state index contributed by atoms with van der Waals surface area (Å²) in [5.41, 5.74) is -0.437. The molecule has 0 saturated heterocycles. The predicted octanol–water partition coefficient (Wildman–Crippen LogP) is 1.26. The predicted molar refractivity (Wildman–Crippen MR) is 76.6 cm³/mol. The fourth-order valence-electron chi connectivity index (χ4n) is 1.86. The number of carboxylic acid groups (broad SMARTS) is 1. The maximum atomic E-state index is 11.6. The standard InChI is InChI=1S/C13H17N3O5/c1-3-14-12(17)8-15(4-2)9-5-6-10(13(18)19)11(7-9)16(20)21/h5-7H,3-4,8H2,1-2H3,(H,14,17)(H,18,19). The summed E-state index contributed by atoms with van der Waals surface area (Å²) >= 11 is 0. The van der Waals surface area contributed by atoms with Gasteiger partial charge in [-0.2, -0.15) is 0 Å². The van der Waals surface area contributed by atoms with Crippen molar-refractivity contribution in [2.45, 2.75) is 13.8 Å². The molecule has 8 nitrogen and oxygen atoms in total. The maximum absolute atomic E-state index is 11.6. The molecule has 0 bridgehead atoms. The van der Waals surface area contributed by atoms with E-state index < -0.39 is 16.6 Å². The van der Waals surface area contributed by atoms with Gasteiger partial charge in [0.05, 0.1) is 11.5 Å². The van der Waals surface area contributed by atoms with Gasteiger partial charge < -0.3 is 15.3 Å². The van der Waals surface area contributed by atoms with E-state index in [4.69, 9.17) is 5.11 Å². The molecule has 0 atom stereocenters. The van der Waals surface area contributed by atoms with Gasteiger partial charge in [0, 0.05) is 24.8 Å². The molecule has 0 aliphatic rings. The Balaban J connectivity index is 3.11. The number of nitrogens with one attached hydrogen (secondary N) is 1. The molecule has 0 fully saturated rings. The van der Waals surface area contributed by atoms with Crippen LogP contribution in [0.4, 0.5) is 11.4 Å². The number of nitro groups is 1. The first-order chi connectivity index (χ1) is 9.90. The van der Waals surface area contributed by atoms with E-state index in [0.29, 0.717) is 18.8 Å². The molecule has 21 heavy (non-hydrogen) atoms. The number of rotatable bonds is 7. The van der Waals surface area contributed by atoms with Gasteiger partial charge in [0.1, 0.15) is 5.56 Å². The molecule has 0 aromatic heterocycles. The van der Waals surface area contributed by atoms with E-state index in [0.717, 1.165) is 0 Å². The highest BCUT2D eigenvalue weighted by atomic mass is 16.6. The zero-order valence-electron chi connectivity index (χ0n) is 11.8. The Bertz CT molecular complexity index is 559. The van der Waals surface area contributed by atoms with E-state index in [-0.39, 0.29) is 18.0 Å². The number of anilines is 1. The van der Waals surface area contributed by atoms with Gasteiger partial charge in [-0.15, -0.1) is 0 Å². The zero-order valence-corrected chi connectivity index (χ0v) is 11.8. The van der Waals surface area contributed by atoms with Crippen LogP contribution in [0.2, 0.25) is 0 Å². The molecular weight excluding hydrogens is 278 g/mol. The van der Waals surface area contributed by atoms with E-state index in [2.05, 4.69) is 5.32 Å². The highest BCUT2D eigenvalue weighted by molar-refractivity contribution is 5.93. The second-order valence-electron chi connectivity index (χ2n) is 4.23. The van der Waals surface area contributed by atoms with Crippen molar-refractivity contribution in [1.29, 1.82) is 0 Å². The van der Waals surface area contributed by atoms with E-state index in [9.17, 15) is 19.7 Å². The lowest BCUT2D eigenvalue weighted by molar-refractivity contribution is -0.385. The minimum atomic E-state index is -1.36. The van der Waals surface area contributed by atoms with Crippen LogP contribution in [0.1, 0.15) is 24.2 Å². The Labute approximate surface area is 121 Å². The molecule has 1 rings (SSSR count). The first-order valence-electron chi connectivity index (χ1n) is 6.44. The number of nitrogens with zero attached hydrogens (tertiary/aromatic N) is 2. The van der Waals surface area contributed by atoms with Crippen molar-refractivity contribution in [3.05, 3.63) is 33.9 Å². The van der Waals surface area contributed by atoms with Gasteiger partial charge in [0.15, 0.2) is 0 Å². The molecular formula is C13H17N3O5. The van der Waals surface area contributed by atoms with Gasteiger partial charge in [0.25, 0.3) is 5.69 Å². The highest BCUT2D eigenvalue weighted by Gasteiger charge is 2.22. The quantitative estimate of drug-likeness (QED) is 0.578. The van der Waals surface area contributed by atoms with Crippen LogP contribution < -0.4 is 10.2 Å². The van der Waals surface area contributed by atoms with Gasteiger partial charge in [-0.1, -0.05) is 0 Å². The van der Waals surface area contributed by atoms with E-state index >= 15 is 0 Å². The lowest BCUT2D eigenvalue weighted by Gasteiger charge is -2.22. The van der Waals surface area contributed by atoms with Crippen molar-refractivity contribution in [2.75, 3.05) is 24.5 Å². The molecule has 114 valence electrons. The second kappa shape index (κ2) is 7.22. The Morgan fingerprint density at radius 1 is 1.38 bits per heavy atom. The molecule has 0 aliphatic heterocycles. The van der Waals surface area contributed by atoms with Crippen LogP contribution >= 0.6 is 0 Å². The number of carbonyl (C=O) groups is 2. The van der Waals surface area contributed by atoms with Gasteiger partial charge in [-0.05, 0) is 26.0 Å². The molecule has 0 unspecified atom stereocenters. The topological polar surface area (TPSA) is 113 Å². The minimum Gasteiger partial charge on any atom is -0.477 e. The average Bonchev–Trinajstić information content (AvgIpc) is 2.44. The Kier molecular flexibility index (Phi) is 5.65. The molecule has 0 radical (unpaired) electrons. The molecule has 2 N–H and O–H groups in total. The third-order valence-electron chi connectivity index (χ3n) is 2.86. The Morgan fingerprint density at radius 3 is 2.52 bits per heavy atom. The third kappa shape index (κ3) is 4.16. The van der Waals surface area contributed by atoms with Crippen LogP contribution in [0, 0.1) is 10.1 Å². The lowest BCUT2D eigenvalue weighted by atomic mass is 10.1. The molecule has 0 heterocycles. The zero-order chi connectivity index (χ0) is 16.0. The van der Waals surface area contributed by atoms with Crippen molar-refractivity contribution in [3.8, 4) is 0 Å². The number of likely N-dealkylation sites (N-methyl/N-ethyl adjacent to an activating group) is 2. The van der Waals surface area contributed by atoms with Crippen molar-refractivity contribution in [3.63, 3.8) is 0 Å². The number of benzene rings is 1. The fourth-order valence-corrected chi connectivity index (χ4v) is 1.86. The van der Waals surface area contributed by atoms with Crippen molar-refractivity contribution in [2.24, 2.45) is 0 Å². The monoisotopic (exact) mass is 295 g/mol. The molecule has 0 saturated carbocycles. The van der Waals surface area contributed by atoms with Gasteiger partial charge in [-0.25, -0.2) is 4.79 Å². The maximum Gasteiger partial charge on any atom is 0.342 e. The minimum absolute atomic E-state index is 0.0495. The van der Waals surface area contributed by atoms with E-state index in [1.54, 1.807) is 18.7 Å². The Hall–Kier alpha value is -2.64. The van der Waals surface area contributed by atoms with Crippen molar-refractivity contribution < 1.29 is 19.6 Å². The summed E-state index contributed by atoms with van der Waals surface area (Å²) in [4.78, 5) is 34.4. The van der Waals surface area contributed by atoms with E-state index in [1.807, 2.05) is 0 Å². The summed E-state index contributed by atoms with van der Waals surface area (Å²) in [6, 6.07) is 3.81. The number of amides is 1. The van der Waals surface area contributed by atoms with Gasteiger partial charge >= 0.3 is 5.97 Å². The Morgan fingerprint density at radius 2 is 2.05 bits per heavy atom. The summed E-state index contributed by atoms with van der Waals surface area (Å²) in [6.07, 6.45) is 0. The average molecular weight is 295 g/mol. The first-order valence-corrected chi connectivity index (χ1v) is 6.44. The van der Waals surface area contributed by atoms with Crippen LogP contribution in [0.25, 0.3) is 0 Å².